The molecule has 0 bridgehead atoms. The Kier molecular flexibility index (Phi) is 6.52. The molecule has 180 valence electrons. The van der Waals surface area contributed by atoms with Gasteiger partial charge in [0.05, 0.1) is 18.7 Å². The van der Waals surface area contributed by atoms with E-state index in [2.05, 4.69) is 35.3 Å². The van der Waals surface area contributed by atoms with Crippen molar-refractivity contribution in [3.63, 3.8) is 0 Å². The molecule has 0 spiro atoms. The van der Waals surface area contributed by atoms with E-state index in [0.29, 0.717) is 30.3 Å². The molecule has 2 heterocycles. The van der Waals surface area contributed by atoms with Gasteiger partial charge in [-0.2, -0.15) is 0 Å². The number of rotatable bonds is 9. The Morgan fingerprint density at radius 2 is 1.89 bits per heavy atom. The summed E-state index contributed by atoms with van der Waals surface area (Å²) >= 11 is 1.42. The number of esters is 1. The van der Waals surface area contributed by atoms with Crippen LogP contribution in [0.5, 0.6) is 0 Å². The molecule has 5 rings (SSSR count). The Balaban J connectivity index is 1.39. The minimum atomic E-state index is -0.334. The number of carbonyl (C=O) groups is 1. The lowest BCUT2D eigenvalue weighted by Crippen LogP contribution is -2.26. The van der Waals surface area contributed by atoms with Gasteiger partial charge in [-0.15, -0.1) is 0 Å². The second kappa shape index (κ2) is 9.74. The highest BCUT2D eigenvalue weighted by atomic mass is 32.1. The van der Waals surface area contributed by atoms with Crippen LogP contribution in [0.15, 0.2) is 60.7 Å². The Morgan fingerprint density at radius 1 is 1.09 bits per heavy atom. The van der Waals surface area contributed by atoms with Crippen LogP contribution in [0.3, 0.4) is 0 Å². The van der Waals surface area contributed by atoms with Gasteiger partial charge in [0.25, 0.3) is 0 Å². The Labute approximate surface area is 208 Å². The summed E-state index contributed by atoms with van der Waals surface area (Å²) in [5.41, 5.74) is 4.32. The molecule has 1 aliphatic rings. The van der Waals surface area contributed by atoms with Crippen LogP contribution in [0.1, 0.15) is 44.4 Å². The number of hydrogen-bond donors (Lipinski definition) is 0. The van der Waals surface area contributed by atoms with Crippen LogP contribution in [0.4, 0.5) is 10.1 Å². The number of benzene rings is 2. The van der Waals surface area contributed by atoms with Crippen LogP contribution in [0.2, 0.25) is 0 Å². The number of thiazole rings is 1. The molecule has 2 aromatic carbocycles. The van der Waals surface area contributed by atoms with E-state index in [-0.39, 0.29) is 23.6 Å². The highest BCUT2D eigenvalue weighted by molar-refractivity contribution is 7.21. The number of ether oxygens (including phenoxy) is 1. The van der Waals surface area contributed by atoms with Gasteiger partial charge in [-0.1, -0.05) is 41.7 Å². The van der Waals surface area contributed by atoms with Gasteiger partial charge in [0, 0.05) is 29.8 Å². The minimum Gasteiger partial charge on any atom is -0.466 e. The normalized spacial score (nSPS) is 14.1. The van der Waals surface area contributed by atoms with E-state index in [4.69, 9.17) is 9.72 Å². The van der Waals surface area contributed by atoms with Gasteiger partial charge in [-0.25, -0.2) is 14.4 Å². The summed E-state index contributed by atoms with van der Waals surface area (Å²) in [6.45, 7) is 5.27. The summed E-state index contributed by atoms with van der Waals surface area (Å²) in [6.07, 6.45) is 2.43. The van der Waals surface area contributed by atoms with Gasteiger partial charge in [0.1, 0.15) is 21.2 Å². The maximum absolute atomic E-state index is 15.2. The Hall–Kier alpha value is -3.32. The minimum absolute atomic E-state index is 0.0142. The van der Waals surface area contributed by atoms with E-state index in [9.17, 15) is 4.79 Å². The first kappa shape index (κ1) is 23.4. The quantitative estimate of drug-likeness (QED) is 0.256. The SMILES string of the molecule is CCOC(=O)CCN(CC)c1ccc(-c2nc3ccc(C4(c5ccccc5)CC4)nc3s2)c(F)c1. The molecular formula is C28H28FN3O2S. The van der Waals surface area contributed by atoms with Gasteiger partial charge in [0.2, 0.25) is 0 Å². The van der Waals surface area contributed by atoms with Crippen LogP contribution in [0, 0.1) is 5.82 Å². The van der Waals surface area contributed by atoms with Crippen molar-refractivity contribution in [2.75, 3.05) is 24.6 Å². The monoisotopic (exact) mass is 489 g/mol. The van der Waals surface area contributed by atoms with E-state index in [1.807, 2.05) is 30.0 Å². The molecule has 4 aromatic rings. The molecule has 0 amide bonds. The van der Waals surface area contributed by atoms with Crippen LogP contribution < -0.4 is 4.90 Å². The molecule has 0 atom stereocenters. The van der Waals surface area contributed by atoms with Gasteiger partial charge >= 0.3 is 5.97 Å². The fourth-order valence-electron chi connectivity index (χ4n) is 4.58. The second-order valence-corrected chi connectivity index (χ2v) is 9.76. The number of halogens is 1. The number of aromatic nitrogens is 2. The van der Waals surface area contributed by atoms with Crippen LogP contribution in [-0.4, -0.2) is 35.6 Å². The molecule has 0 saturated heterocycles. The second-order valence-electron chi connectivity index (χ2n) is 8.79. The molecule has 7 heteroatoms. The zero-order chi connectivity index (χ0) is 24.4. The average molecular weight is 490 g/mol. The summed E-state index contributed by atoms with van der Waals surface area (Å²) in [4.78, 5) is 24.1. The summed E-state index contributed by atoms with van der Waals surface area (Å²) < 4.78 is 20.2. The van der Waals surface area contributed by atoms with Crippen molar-refractivity contribution >= 4 is 33.3 Å². The predicted molar refractivity (Wildman–Crippen MR) is 138 cm³/mol. The molecule has 35 heavy (non-hydrogen) atoms. The first-order valence-corrected chi connectivity index (χ1v) is 12.9. The zero-order valence-electron chi connectivity index (χ0n) is 20.0. The lowest BCUT2D eigenvalue weighted by molar-refractivity contribution is -0.142. The van der Waals surface area contributed by atoms with Crippen molar-refractivity contribution in [2.24, 2.45) is 0 Å². The first-order chi connectivity index (χ1) is 17.0. The lowest BCUT2D eigenvalue weighted by Gasteiger charge is -2.23. The van der Waals surface area contributed by atoms with Crippen LogP contribution in [0.25, 0.3) is 20.9 Å². The highest BCUT2D eigenvalue weighted by Crippen LogP contribution is 2.53. The summed E-state index contributed by atoms with van der Waals surface area (Å²) in [5, 5.41) is 0.618. The number of carbonyl (C=O) groups excluding carboxylic acids is 1. The van der Waals surface area contributed by atoms with Crippen molar-refractivity contribution in [1.82, 2.24) is 9.97 Å². The van der Waals surface area contributed by atoms with E-state index in [0.717, 1.165) is 34.6 Å². The molecular weight excluding hydrogens is 461 g/mol. The van der Waals surface area contributed by atoms with Crippen molar-refractivity contribution in [3.05, 3.63) is 77.7 Å². The predicted octanol–water partition coefficient (Wildman–Crippen LogP) is 6.36. The van der Waals surface area contributed by atoms with E-state index < -0.39 is 0 Å². The number of anilines is 1. The van der Waals surface area contributed by atoms with Gasteiger partial charge < -0.3 is 9.64 Å². The van der Waals surface area contributed by atoms with Crippen molar-refractivity contribution < 1.29 is 13.9 Å². The maximum atomic E-state index is 15.2. The molecule has 1 aliphatic carbocycles. The zero-order valence-corrected chi connectivity index (χ0v) is 20.8. The smallest absolute Gasteiger partial charge is 0.307 e. The number of nitrogens with zero attached hydrogens (tertiary/aromatic N) is 3. The van der Waals surface area contributed by atoms with E-state index >= 15 is 4.39 Å². The third-order valence-corrected chi connectivity index (χ3v) is 7.64. The van der Waals surface area contributed by atoms with E-state index in [1.54, 1.807) is 13.0 Å². The third-order valence-electron chi connectivity index (χ3n) is 6.64. The number of pyridine rings is 1. The Bertz CT molecular complexity index is 1350. The molecule has 0 unspecified atom stereocenters. The molecule has 0 aliphatic heterocycles. The molecule has 1 saturated carbocycles. The van der Waals surface area contributed by atoms with Crippen LogP contribution >= 0.6 is 11.3 Å². The molecule has 0 N–H and O–H groups in total. The van der Waals surface area contributed by atoms with Gasteiger partial charge in [-0.05, 0) is 62.6 Å². The third kappa shape index (κ3) is 4.65. The summed E-state index contributed by atoms with van der Waals surface area (Å²) in [6, 6.07) is 19.7. The van der Waals surface area contributed by atoms with Crippen LogP contribution in [-0.2, 0) is 14.9 Å². The maximum Gasteiger partial charge on any atom is 0.307 e. The molecule has 1 fully saturated rings. The fourth-order valence-corrected chi connectivity index (χ4v) is 5.54. The van der Waals surface area contributed by atoms with Crippen molar-refractivity contribution in [3.8, 4) is 10.6 Å². The first-order valence-electron chi connectivity index (χ1n) is 12.1. The largest absolute Gasteiger partial charge is 0.466 e. The molecule has 0 radical (unpaired) electrons. The highest BCUT2D eigenvalue weighted by Gasteiger charge is 2.47. The number of fused-ring (bicyclic) bond motifs is 1. The standard InChI is InChI=1S/C28H28FN3O2S/c1-3-32(17-14-25(33)34-4-2)20-10-11-21(22(29)18-20)26-30-23-12-13-24(31-27(23)35-26)28(15-16-28)19-8-6-5-7-9-19/h5-13,18H,3-4,14-17H2,1-2H3. The van der Waals surface area contributed by atoms with Crippen molar-refractivity contribution in [2.45, 2.75) is 38.5 Å². The number of hydrogen-bond acceptors (Lipinski definition) is 6. The van der Waals surface area contributed by atoms with Crippen molar-refractivity contribution in [1.29, 1.82) is 0 Å². The summed E-state index contributed by atoms with van der Waals surface area (Å²) in [5.74, 6) is -0.580. The van der Waals surface area contributed by atoms with Gasteiger partial charge in [-0.3, -0.25) is 4.79 Å². The lowest BCUT2D eigenvalue weighted by atomic mass is 9.92. The van der Waals surface area contributed by atoms with Gasteiger partial charge in [0.15, 0.2) is 0 Å². The topological polar surface area (TPSA) is 55.3 Å². The Morgan fingerprint density at radius 3 is 2.57 bits per heavy atom. The fraction of sp³-hybridized carbons (Fsp3) is 0.321. The molecule has 5 nitrogen and oxygen atoms in total. The summed E-state index contributed by atoms with van der Waals surface area (Å²) in [7, 11) is 0. The molecule has 2 aromatic heterocycles. The average Bonchev–Trinajstić information content (AvgIpc) is 3.58. The van der Waals surface area contributed by atoms with E-state index in [1.165, 1.54) is 23.0 Å².